The number of allylic oxidation sites excluding steroid dienone is 1. The van der Waals surface area contributed by atoms with E-state index < -0.39 is 0 Å². The molecule has 0 radical (unpaired) electrons. The lowest BCUT2D eigenvalue weighted by Crippen LogP contribution is -1.96. The Morgan fingerprint density at radius 3 is 3.00 bits per heavy atom. The number of nitrogens with zero attached hydrogens (tertiary/aromatic N) is 1. The third-order valence-corrected chi connectivity index (χ3v) is 0.796. The molecule has 0 aromatic heterocycles. The predicted molar refractivity (Wildman–Crippen MR) is 35.8 cm³/mol. The van der Waals surface area contributed by atoms with Gasteiger partial charge in [0.1, 0.15) is 6.26 Å². The number of nitriles is 1. The van der Waals surface area contributed by atoms with Gasteiger partial charge in [0, 0.05) is 6.42 Å². The van der Waals surface area contributed by atoms with Crippen molar-refractivity contribution in [3.63, 3.8) is 0 Å². The summed E-state index contributed by atoms with van der Waals surface area (Å²) in [6.07, 6.45) is 3.38. The normalized spacial score (nSPS) is 9.20. The number of hydrogen-bond acceptors (Lipinski definition) is 3. The van der Waals surface area contributed by atoms with Gasteiger partial charge in [0.25, 0.3) is 0 Å². The molecule has 0 amide bonds. The molecule has 54 valence electrons. The molecule has 3 nitrogen and oxygen atoms in total. The predicted octanol–water partition coefficient (Wildman–Crippen LogP) is 1.37. The second kappa shape index (κ2) is 5.83. The van der Waals surface area contributed by atoms with Gasteiger partial charge < -0.3 is 4.74 Å². The van der Waals surface area contributed by atoms with Crippen molar-refractivity contribution in [2.75, 3.05) is 0 Å². The average molecular weight is 139 g/mol. The van der Waals surface area contributed by atoms with Crippen molar-refractivity contribution in [2.45, 2.75) is 19.8 Å². The van der Waals surface area contributed by atoms with Crippen LogP contribution >= 0.6 is 0 Å². The summed E-state index contributed by atoms with van der Waals surface area (Å²) in [5.41, 5.74) is 0. The number of carbonyl (C=O) groups excluding carboxylic acids is 1. The third-order valence-electron chi connectivity index (χ3n) is 0.796. The zero-order chi connectivity index (χ0) is 7.82. The molecule has 0 atom stereocenters. The van der Waals surface area contributed by atoms with E-state index in [1.54, 1.807) is 6.07 Å². The lowest BCUT2D eigenvalue weighted by Gasteiger charge is -1.92. The molecule has 10 heavy (non-hydrogen) atoms. The van der Waals surface area contributed by atoms with Gasteiger partial charge in [-0.3, -0.25) is 4.79 Å². The monoisotopic (exact) mass is 139 g/mol. The summed E-state index contributed by atoms with van der Waals surface area (Å²) in [6.45, 7) is 1.88. The van der Waals surface area contributed by atoms with Crippen LogP contribution in [-0.2, 0) is 9.53 Å². The van der Waals surface area contributed by atoms with E-state index in [1.165, 1.54) is 0 Å². The fourth-order valence-corrected chi connectivity index (χ4v) is 0.403. The van der Waals surface area contributed by atoms with Crippen molar-refractivity contribution in [1.82, 2.24) is 0 Å². The molecule has 0 saturated heterocycles. The van der Waals surface area contributed by atoms with Crippen molar-refractivity contribution >= 4 is 5.97 Å². The largest absolute Gasteiger partial charge is 0.434 e. The lowest BCUT2D eigenvalue weighted by atomic mass is 10.3. The van der Waals surface area contributed by atoms with Gasteiger partial charge in [0.15, 0.2) is 0 Å². The smallest absolute Gasteiger partial charge is 0.310 e. The highest BCUT2D eigenvalue weighted by Crippen LogP contribution is 1.90. The number of ether oxygens (including phenoxy) is 1. The van der Waals surface area contributed by atoms with Crippen molar-refractivity contribution in [3.8, 4) is 6.07 Å². The van der Waals surface area contributed by atoms with Gasteiger partial charge in [-0.15, -0.1) is 0 Å². The minimum Gasteiger partial charge on any atom is -0.434 e. The summed E-state index contributed by atoms with van der Waals surface area (Å²) < 4.78 is 4.48. The van der Waals surface area contributed by atoms with Gasteiger partial charge in [-0.1, -0.05) is 6.92 Å². The first-order valence-corrected chi connectivity index (χ1v) is 3.05. The summed E-state index contributed by atoms with van der Waals surface area (Å²) in [5.74, 6) is -0.297. The quantitative estimate of drug-likeness (QED) is 0.337. The highest BCUT2D eigenvalue weighted by Gasteiger charge is 1.95. The van der Waals surface area contributed by atoms with Crippen LogP contribution in [-0.4, -0.2) is 5.97 Å². The second-order valence-electron chi connectivity index (χ2n) is 1.67. The number of carbonyl (C=O) groups is 1. The van der Waals surface area contributed by atoms with E-state index in [1.807, 2.05) is 6.92 Å². The van der Waals surface area contributed by atoms with Crippen LogP contribution in [0.15, 0.2) is 12.3 Å². The Kier molecular flexibility index (Phi) is 5.07. The molecule has 0 saturated carbocycles. The minimum absolute atomic E-state index is 0.297. The summed E-state index contributed by atoms with van der Waals surface area (Å²) in [7, 11) is 0. The lowest BCUT2D eigenvalue weighted by molar-refractivity contribution is -0.138. The summed E-state index contributed by atoms with van der Waals surface area (Å²) in [6, 6.07) is 1.71. The van der Waals surface area contributed by atoms with Gasteiger partial charge >= 0.3 is 5.97 Å². The van der Waals surface area contributed by atoms with Crippen LogP contribution in [0.25, 0.3) is 0 Å². The van der Waals surface area contributed by atoms with E-state index in [0.29, 0.717) is 6.42 Å². The molecule has 0 heterocycles. The first-order chi connectivity index (χ1) is 4.81. The third kappa shape index (κ3) is 4.85. The highest BCUT2D eigenvalue weighted by molar-refractivity contribution is 5.69. The first-order valence-electron chi connectivity index (χ1n) is 3.05. The van der Waals surface area contributed by atoms with Gasteiger partial charge in [-0.05, 0) is 6.42 Å². The van der Waals surface area contributed by atoms with Crippen molar-refractivity contribution in [2.24, 2.45) is 0 Å². The second-order valence-corrected chi connectivity index (χ2v) is 1.67. The maximum absolute atomic E-state index is 10.5. The van der Waals surface area contributed by atoms with Gasteiger partial charge in [0.2, 0.25) is 0 Å². The zero-order valence-electron chi connectivity index (χ0n) is 5.83. The van der Waals surface area contributed by atoms with Crippen molar-refractivity contribution in [3.05, 3.63) is 12.3 Å². The van der Waals surface area contributed by atoms with E-state index in [2.05, 4.69) is 4.74 Å². The molecule has 0 aliphatic rings. The van der Waals surface area contributed by atoms with Crippen LogP contribution in [0.4, 0.5) is 0 Å². The Labute approximate surface area is 59.9 Å². The fraction of sp³-hybridized carbons (Fsp3) is 0.429. The maximum atomic E-state index is 10.5. The van der Waals surface area contributed by atoms with Gasteiger partial charge in [-0.2, -0.15) is 5.26 Å². The molecule has 0 aliphatic carbocycles. The highest BCUT2D eigenvalue weighted by atomic mass is 16.5. The molecule has 0 unspecified atom stereocenters. The molecular formula is C7H9NO2. The van der Waals surface area contributed by atoms with Crippen LogP contribution < -0.4 is 0 Å². The SMILES string of the molecule is CCCC(=O)O/C=C/C#N. The Bertz CT molecular complexity index is 167. The average Bonchev–Trinajstić information content (AvgIpc) is 1.89. The van der Waals surface area contributed by atoms with E-state index in [4.69, 9.17) is 5.26 Å². The molecule has 3 heteroatoms. The molecular weight excluding hydrogens is 130 g/mol. The molecule has 0 aromatic rings. The van der Waals surface area contributed by atoms with Crippen LogP contribution in [0.1, 0.15) is 19.8 Å². The number of rotatable bonds is 3. The Balaban J connectivity index is 3.41. The standard InChI is InChI=1S/C7H9NO2/c1-2-4-7(9)10-6-3-5-8/h3,6H,2,4H2,1H3/b6-3+. The molecule has 0 spiro atoms. The summed E-state index contributed by atoms with van der Waals surface area (Å²) in [5, 5.41) is 7.98. The number of hydrogen-bond donors (Lipinski definition) is 0. The fourth-order valence-electron chi connectivity index (χ4n) is 0.403. The Hall–Kier alpha value is -1.30. The van der Waals surface area contributed by atoms with Crippen molar-refractivity contribution < 1.29 is 9.53 Å². The summed E-state index contributed by atoms with van der Waals surface area (Å²) >= 11 is 0. The maximum Gasteiger partial charge on any atom is 0.310 e. The Morgan fingerprint density at radius 1 is 1.80 bits per heavy atom. The number of esters is 1. The van der Waals surface area contributed by atoms with Crippen LogP contribution in [0, 0.1) is 11.3 Å². The van der Waals surface area contributed by atoms with Gasteiger partial charge in [-0.25, -0.2) is 0 Å². The molecule has 0 bridgehead atoms. The van der Waals surface area contributed by atoms with E-state index in [9.17, 15) is 4.79 Å². The van der Waals surface area contributed by atoms with Crippen LogP contribution in [0.2, 0.25) is 0 Å². The molecule has 0 aliphatic heterocycles. The molecule has 0 fully saturated rings. The van der Waals surface area contributed by atoms with Gasteiger partial charge in [0.05, 0.1) is 12.1 Å². The van der Waals surface area contributed by atoms with E-state index >= 15 is 0 Å². The van der Waals surface area contributed by atoms with E-state index in [-0.39, 0.29) is 5.97 Å². The van der Waals surface area contributed by atoms with E-state index in [0.717, 1.165) is 18.8 Å². The molecule has 0 aromatic carbocycles. The van der Waals surface area contributed by atoms with Crippen LogP contribution in [0.3, 0.4) is 0 Å². The molecule has 0 N–H and O–H groups in total. The Morgan fingerprint density at radius 2 is 2.50 bits per heavy atom. The first kappa shape index (κ1) is 8.70. The topological polar surface area (TPSA) is 50.1 Å². The zero-order valence-corrected chi connectivity index (χ0v) is 5.83. The van der Waals surface area contributed by atoms with Crippen molar-refractivity contribution in [1.29, 1.82) is 5.26 Å². The molecule has 0 rings (SSSR count). The minimum atomic E-state index is -0.297. The summed E-state index contributed by atoms with van der Waals surface area (Å²) in [4.78, 5) is 10.5. The van der Waals surface area contributed by atoms with Crippen LogP contribution in [0.5, 0.6) is 0 Å².